The van der Waals surface area contributed by atoms with Crippen molar-refractivity contribution in [3.63, 3.8) is 0 Å². The number of anilines is 3. The molecule has 0 fully saturated rings. The number of nitrogens with zero attached hydrogens (tertiary/aromatic N) is 2. The molecule has 21 heavy (non-hydrogen) atoms. The largest absolute Gasteiger partial charge is 0.370 e. The molecule has 0 aliphatic carbocycles. The van der Waals surface area contributed by atoms with Crippen LogP contribution >= 0.6 is 0 Å². The normalized spacial score (nSPS) is 10.5. The molecule has 0 unspecified atom stereocenters. The third-order valence-electron chi connectivity index (χ3n) is 2.91. The van der Waals surface area contributed by atoms with Gasteiger partial charge >= 0.3 is 0 Å². The van der Waals surface area contributed by atoms with Gasteiger partial charge in [-0.05, 0) is 25.5 Å². The maximum Gasteiger partial charge on any atom is 0.196 e. The first-order valence-electron chi connectivity index (χ1n) is 6.50. The topological polar surface area (TPSA) is 49.8 Å². The fourth-order valence-corrected chi connectivity index (χ4v) is 1.75. The molecule has 0 aliphatic rings. The van der Waals surface area contributed by atoms with E-state index in [1.165, 1.54) is 6.33 Å². The van der Waals surface area contributed by atoms with E-state index in [9.17, 15) is 13.2 Å². The number of nitrogens with one attached hydrogen (secondary N) is 2. The molecule has 1 heterocycles. The summed E-state index contributed by atoms with van der Waals surface area (Å²) in [6.07, 6.45) is 2.23. The van der Waals surface area contributed by atoms with Gasteiger partial charge < -0.3 is 10.6 Å². The van der Waals surface area contributed by atoms with Crippen LogP contribution in [0.2, 0.25) is 0 Å². The molecule has 0 atom stereocenters. The van der Waals surface area contributed by atoms with Crippen molar-refractivity contribution in [1.82, 2.24) is 9.97 Å². The first-order valence-corrected chi connectivity index (χ1v) is 6.50. The maximum atomic E-state index is 13.6. The summed E-state index contributed by atoms with van der Waals surface area (Å²) in [7, 11) is 0. The molecule has 112 valence electrons. The molecule has 0 amide bonds. The molecular weight excluding hydrogens is 281 g/mol. The Morgan fingerprint density at radius 2 is 1.76 bits per heavy atom. The predicted molar refractivity (Wildman–Crippen MR) is 75.1 cm³/mol. The van der Waals surface area contributed by atoms with Crippen molar-refractivity contribution in [2.45, 2.75) is 20.3 Å². The molecule has 0 spiro atoms. The van der Waals surface area contributed by atoms with Gasteiger partial charge in [0, 0.05) is 12.1 Å². The van der Waals surface area contributed by atoms with E-state index < -0.39 is 17.5 Å². The summed E-state index contributed by atoms with van der Waals surface area (Å²) < 4.78 is 39.8. The molecule has 2 rings (SSSR count). The van der Waals surface area contributed by atoms with Crippen molar-refractivity contribution >= 4 is 17.3 Å². The average molecular weight is 296 g/mol. The molecule has 0 aliphatic heterocycles. The number of benzene rings is 1. The Morgan fingerprint density at radius 3 is 2.48 bits per heavy atom. The van der Waals surface area contributed by atoms with Gasteiger partial charge in [0.25, 0.3) is 0 Å². The average Bonchev–Trinajstić information content (AvgIpc) is 2.48. The van der Waals surface area contributed by atoms with Crippen molar-refractivity contribution in [3.05, 3.63) is 41.5 Å². The minimum atomic E-state index is -1.52. The van der Waals surface area contributed by atoms with Crippen molar-refractivity contribution in [2.24, 2.45) is 0 Å². The van der Waals surface area contributed by atoms with E-state index in [2.05, 4.69) is 20.6 Å². The maximum absolute atomic E-state index is 13.6. The predicted octanol–water partition coefficient (Wildman–Crippen LogP) is 3.77. The van der Waals surface area contributed by atoms with E-state index in [-0.39, 0.29) is 5.69 Å². The molecule has 0 bridgehead atoms. The molecule has 1 aromatic carbocycles. The number of hydrogen-bond donors (Lipinski definition) is 2. The van der Waals surface area contributed by atoms with Gasteiger partial charge in [-0.15, -0.1) is 0 Å². The zero-order chi connectivity index (χ0) is 15.4. The first kappa shape index (κ1) is 15.1. The van der Waals surface area contributed by atoms with Crippen LogP contribution in [0.3, 0.4) is 0 Å². The van der Waals surface area contributed by atoms with Crippen LogP contribution < -0.4 is 10.6 Å². The Morgan fingerprint density at radius 1 is 1.05 bits per heavy atom. The second kappa shape index (κ2) is 6.43. The summed E-state index contributed by atoms with van der Waals surface area (Å²) in [5, 5.41) is 5.76. The van der Waals surface area contributed by atoms with E-state index in [0.717, 1.165) is 25.1 Å². The fraction of sp³-hybridized carbons (Fsp3) is 0.286. The SMILES string of the molecule is CCCNc1ncnc(Nc2ccc(F)c(F)c2F)c1C. The Labute approximate surface area is 120 Å². The van der Waals surface area contributed by atoms with Gasteiger partial charge in [0.05, 0.1) is 5.69 Å². The summed E-state index contributed by atoms with van der Waals surface area (Å²) in [6.45, 7) is 4.49. The monoisotopic (exact) mass is 296 g/mol. The molecular formula is C14H15F3N4. The molecule has 4 nitrogen and oxygen atoms in total. The highest BCUT2D eigenvalue weighted by molar-refractivity contribution is 5.64. The fourth-order valence-electron chi connectivity index (χ4n) is 1.75. The molecule has 1 aromatic heterocycles. The molecule has 0 saturated heterocycles. The Hall–Kier alpha value is -2.31. The van der Waals surface area contributed by atoms with Gasteiger partial charge in [-0.2, -0.15) is 0 Å². The third kappa shape index (κ3) is 3.24. The van der Waals surface area contributed by atoms with Crippen molar-refractivity contribution in [1.29, 1.82) is 0 Å². The van der Waals surface area contributed by atoms with Crippen molar-refractivity contribution in [3.8, 4) is 0 Å². The Bertz CT molecular complexity index is 646. The third-order valence-corrected chi connectivity index (χ3v) is 2.91. The van der Waals surface area contributed by atoms with Crippen LogP contribution in [0.1, 0.15) is 18.9 Å². The quantitative estimate of drug-likeness (QED) is 0.825. The lowest BCUT2D eigenvalue weighted by atomic mass is 10.2. The second-order valence-corrected chi connectivity index (χ2v) is 4.47. The van der Waals surface area contributed by atoms with Crippen LogP contribution in [0.25, 0.3) is 0 Å². The van der Waals surface area contributed by atoms with Gasteiger partial charge in [0.1, 0.15) is 18.0 Å². The lowest BCUT2D eigenvalue weighted by molar-refractivity contribution is 0.449. The van der Waals surface area contributed by atoms with E-state index in [1.54, 1.807) is 6.92 Å². The van der Waals surface area contributed by atoms with Gasteiger partial charge in [0.15, 0.2) is 17.5 Å². The molecule has 0 radical (unpaired) electrons. The second-order valence-electron chi connectivity index (χ2n) is 4.47. The summed E-state index contributed by atoms with van der Waals surface area (Å²) in [5.74, 6) is -3.10. The summed E-state index contributed by atoms with van der Waals surface area (Å²) in [4.78, 5) is 8.07. The minimum absolute atomic E-state index is 0.183. The lowest BCUT2D eigenvalue weighted by Gasteiger charge is -2.13. The molecule has 0 saturated carbocycles. The smallest absolute Gasteiger partial charge is 0.196 e. The number of aromatic nitrogens is 2. The van der Waals surface area contributed by atoms with Crippen LogP contribution in [-0.2, 0) is 0 Å². The van der Waals surface area contributed by atoms with Crippen LogP contribution in [0, 0.1) is 24.4 Å². The number of hydrogen-bond acceptors (Lipinski definition) is 4. The highest BCUT2D eigenvalue weighted by Gasteiger charge is 2.15. The lowest BCUT2D eigenvalue weighted by Crippen LogP contribution is -2.07. The van der Waals surface area contributed by atoms with Gasteiger partial charge in [0.2, 0.25) is 0 Å². The summed E-state index contributed by atoms with van der Waals surface area (Å²) >= 11 is 0. The highest BCUT2D eigenvalue weighted by Crippen LogP contribution is 2.26. The van der Waals surface area contributed by atoms with Crippen molar-refractivity contribution in [2.75, 3.05) is 17.2 Å². The van der Waals surface area contributed by atoms with Crippen LogP contribution in [-0.4, -0.2) is 16.5 Å². The summed E-state index contributed by atoms with van der Waals surface area (Å²) in [5.41, 5.74) is 0.479. The standard InChI is InChI=1S/C14H15F3N4/c1-3-6-18-13-8(2)14(20-7-19-13)21-10-5-4-9(15)11(16)12(10)17/h4-5,7H,3,6H2,1-2H3,(H2,18,19,20,21). The Balaban J connectivity index is 2.30. The summed E-state index contributed by atoms with van der Waals surface area (Å²) in [6, 6.07) is 1.97. The van der Waals surface area contributed by atoms with E-state index in [0.29, 0.717) is 17.2 Å². The van der Waals surface area contributed by atoms with E-state index in [4.69, 9.17) is 0 Å². The number of rotatable bonds is 5. The van der Waals surface area contributed by atoms with Crippen LogP contribution in [0.4, 0.5) is 30.5 Å². The van der Waals surface area contributed by atoms with Gasteiger partial charge in [-0.3, -0.25) is 0 Å². The highest BCUT2D eigenvalue weighted by atomic mass is 19.2. The van der Waals surface area contributed by atoms with Crippen LogP contribution in [0.15, 0.2) is 18.5 Å². The number of halogens is 3. The van der Waals surface area contributed by atoms with Crippen molar-refractivity contribution < 1.29 is 13.2 Å². The Kier molecular flexibility index (Phi) is 4.62. The first-order chi connectivity index (χ1) is 10.0. The molecule has 2 aromatic rings. The minimum Gasteiger partial charge on any atom is -0.370 e. The molecule has 2 N–H and O–H groups in total. The van der Waals surface area contributed by atoms with Gasteiger partial charge in [-0.1, -0.05) is 6.92 Å². The zero-order valence-corrected chi connectivity index (χ0v) is 11.7. The van der Waals surface area contributed by atoms with Crippen LogP contribution in [0.5, 0.6) is 0 Å². The molecule has 7 heteroatoms. The van der Waals surface area contributed by atoms with E-state index >= 15 is 0 Å². The van der Waals surface area contributed by atoms with Gasteiger partial charge in [-0.25, -0.2) is 23.1 Å². The van der Waals surface area contributed by atoms with E-state index in [1.807, 2.05) is 6.92 Å². The zero-order valence-electron chi connectivity index (χ0n) is 11.7.